The molecule has 0 spiro atoms. The largest absolute Gasteiger partial charge is 0.497 e. The summed E-state index contributed by atoms with van der Waals surface area (Å²) in [5.41, 5.74) is 3.23. The number of hydrogen-bond acceptors (Lipinski definition) is 4. The lowest BCUT2D eigenvalue weighted by atomic mass is 9.92. The number of benzene rings is 2. The summed E-state index contributed by atoms with van der Waals surface area (Å²) in [6, 6.07) is 10.9. The van der Waals surface area contributed by atoms with Gasteiger partial charge in [0.25, 0.3) is 0 Å². The quantitative estimate of drug-likeness (QED) is 0.679. The smallest absolute Gasteiger partial charge is 0.244 e. The molecule has 0 amide bonds. The van der Waals surface area contributed by atoms with Crippen LogP contribution in [0, 0.1) is 5.92 Å². The molecule has 3 rings (SSSR count). The molecule has 0 aliphatic heterocycles. The molecule has 29 heavy (non-hydrogen) atoms. The van der Waals surface area contributed by atoms with Crippen molar-refractivity contribution in [1.29, 1.82) is 0 Å². The van der Waals surface area contributed by atoms with Gasteiger partial charge < -0.3 is 9.47 Å². The van der Waals surface area contributed by atoms with Crippen molar-refractivity contribution >= 4 is 10.0 Å². The molecule has 1 atom stereocenters. The summed E-state index contributed by atoms with van der Waals surface area (Å²) in [6.07, 6.45) is 4.80. The van der Waals surface area contributed by atoms with Gasteiger partial charge in [-0.2, -0.15) is 0 Å². The Hall–Kier alpha value is -2.05. The Morgan fingerprint density at radius 3 is 2.14 bits per heavy atom. The van der Waals surface area contributed by atoms with Crippen molar-refractivity contribution in [2.75, 3.05) is 14.2 Å². The number of rotatable bonds is 8. The van der Waals surface area contributed by atoms with Gasteiger partial charge in [0.2, 0.25) is 10.0 Å². The zero-order chi connectivity index (χ0) is 21.0. The lowest BCUT2D eigenvalue weighted by Gasteiger charge is -2.23. The average molecular weight is 418 g/mol. The Labute approximate surface area is 174 Å². The fraction of sp³-hybridized carbons (Fsp3) is 0.478. The molecule has 0 radical (unpaired) electrons. The Morgan fingerprint density at radius 2 is 1.59 bits per heavy atom. The van der Waals surface area contributed by atoms with E-state index in [9.17, 15) is 8.42 Å². The first-order valence-electron chi connectivity index (χ1n) is 10.2. The van der Waals surface area contributed by atoms with Crippen molar-refractivity contribution in [3.63, 3.8) is 0 Å². The van der Waals surface area contributed by atoms with Gasteiger partial charge in [0, 0.05) is 6.04 Å². The van der Waals surface area contributed by atoms with Gasteiger partial charge in [-0.1, -0.05) is 26.0 Å². The second-order valence-electron chi connectivity index (χ2n) is 8.06. The Morgan fingerprint density at radius 1 is 0.966 bits per heavy atom. The minimum Gasteiger partial charge on any atom is -0.497 e. The van der Waals surface area contributed by atoms with Crippen LogP contribution in [0.2, 0.25) is 0 Å². The van der Waals surface area contributed by atoms with Crippen molar-refractivity contribution in [3.05, 3.63) is 53.1 Å². The molecule has 1 N–H and O–H groups in total. The monoisotopic (exact) mass is 417 g/mol. The van der Waals surface area contributed by atoms with Crippen molar-refractivity contribution < 1.29 is 17.9 Å². The molecular formula is C23H31NO4S. The van der Waals surface area contributed by atoms with E-state index in [0.29, 0.717) is 18.1 Å². The minimum absolute atomic E-state index is 0.225. The van der Waals surface area contributed by atoms with Crippen LogP contribution in [-0.2, 0) is 22.9 Å². The molecule has 0 saturated carbocycles. The number of sulfonamides is 1. The van der Waals surface area contributed by atoms with Crippen LogP contribution >= 0.6 is 0 Å². The molecule has 158 valence electrons. The summed E-state index contributed by atoms with van der Waals surface area (Å²) in [6.45, 7) is 4.18. The number of methoxy groups -OCH3 is 2. The number of fused-ring (bicyclic) bond motifs is 1. The van der Waals surface area contributed by atoms with E-state index in [4.69, 9.17) is 9.47 Å². The van der Waals surface area contributed by atoms with E-state index in [-0.39, 0.29) is 10.9 Å². The zero-order valence-electron chi connectivity index (χ0n) is 17.7. The first-order chi connectivity index (χ1) is 13.8. The van der Waals surface area contributed by atoms with Gasteiger partial charge in [-0.3, -0.25) is 0 Å². The van der Waals surface area contributed by atoms with E-state index >= 15 is 0 Å². The number of hydrogen-bond donors (Lipinski definition) is 1. The second-order valence-corrected chi connectivity index (χ2v) is 9.74. The fourth-order valence-corrected chi connectivity index (χ4v) is 5.36. The molecule has 5 nitrogen and oxygen atoms in total. The lowest BCUT2D eigenvalue weighted by molar-refractivity contribution is 0.399. The van der Waals surface area contributed by atoms with Crippen molar-refractivity contribution in [2.24, 2.45) is 5.92 Å². The predicted octanol–water partition coefficient (Wildman–Crippen LogP) is 4.65. The molecule has 6 heteroatoms. The van der Waals surface area contributed by atoms with Crippen molar-refractivity contribution in [1.82, 2.24) is 4.72 Å². The Balaban J connectivity index is 1.95. The van der Waals surface area contributed by atoms with Gasteiger partial charge >= 0.3 is 0 Å². The van der Waals surface area contributed by atoms with E-state index in [2.05, 4.69) is 18.6 Å². The maximum atomic E-state index is 13.4. The van der Waals surface area contributed by atoms with Gasteiger partial charge in [0.1, 0.15) is 16.4 Å². The van der Waals surface area contributed by atoms with Gasteiger partial charge in [-0.25, -0.2) is 13.1 Å². The van der Waals surface area contributed by atoms with Gasteiger partial charge in [-0.05, 0) is 79.0 Å². The van der Waals surface area contributed by atoms with Crippen LogP contribution in [0.15, 0.2) is 41.3 Å². The average Bonchev–Trinajstić information content (AvgIpc) is 2.71. The van der Waals surface area contributed by atoms with Crippen LogP contribution in [0.25, 0.3) is 0 Å². The second kappa shape index (κ2) is 9.18. The molecule has 0 bridgehead atoms. The van der Waals surface area contributed by atoms with Crippen LogP contribution in [0.3, 0.4) is 0 Å². The molecular weight excluding hydrogens is 386 g/mol. The van der Waals surface area contributed by atoms with E-state index in [1.54, 1.807) is 13.2 Å². The molecule has 0 saturated heterocycles. The van der Waals surface area contributed by atoms with Crippen molar-refractivity contribution in [3.8, 4) is 11.5 Å². The SMILES string of the molecule is COc1ccc([C@H](CC(C)C)NS(=O)(=O)c2cc3c(cc2OC)CCCC3)cc1. The lowest BCUT2D eigenvalue weighted by Crippen LogP contribution is -2.30. The molecule has 1 aliphatic carbocycles. The normalized spacial score (nSPS) is 15.1. The van der Waals surface area contributed by atoms with Crippen molar-refractivity contribution in [2.45, 2.75) is 56.9 Å². The van der Waals surface area contributed by atoms with Crippen LogP contribution in [-0.4, -0.2) is 22.6 Å². The summed E-state index contributed by atoms with van der Waals surface area (Å²) in [7, 11) is -0.608. The number of aryl methyl sites for hydroxylation is 2. The summed E-state index contributed by atoms with van der Waals surface area (Å²) >= 11 is 0. The fourth-order valence-electron chi connectivity index (χ4n) is 3.92. The molecule has 0 heterocycles. The molecule has 1 aliphatic rings. The highest BCUT2D eigenvalue weighted by Crippen LogP contribution is 2.33. The molecule has 0 unspecified atom stereocenters. The third-order valence-corrected chi connectivity index (χ3v) is 6.93. The summed E-state index contributed by atoms with van der Waals surface area (Å²) in [5.74, 6) is 1.49. The Bertz CT molecular complexity index is 936. The van der Waals surface area contributed by atoms with Crippen LogP contribution < -0.4 is 14.2 Å². The third-order valence-electron chi connectivity index (χ3n) is 5.44. The highest BCUT2D eigenvalue weighted by molar-refractivity contribution is 7.89. The van der Waals surface area contributed by atoms with Crippen LogP contribution in [0.1, 0.15) is 55.8 Å². The summed E-state index contributed by atoms with van der Waals surface area (Å²) in [5, 5.41) is 0. The van der Waals surface area contributed by atoms with Gasteiger partial charge in [0.05, 0.1) is 14.2 Å². The molecule has 2 aromatic carbocycles. The first-order valence-corrected chi connectivity index (χ1v) is 11.7. The Kier molecular flexibility index (Phi) is 6.85. The molecule has 2 aromatic rings. The van der Waals surface area contributed by atoms with E-state index < -0.39 is 10.0 Å². The van der Waals surface area contributed by atoms with Gasteiger partial charge in [-0.15, -0.1) is 0 Å². The molecule has 0 fully saturated rings. The van der Waals surface area contributed by atoms with Crippen LogP contribution in [0.4, 0.5) is 0 Å². The maximum absolute atomic E-state index is 13.4. The number of ether oxygens (including phenoxy) is 2. The van der Waals surface area contributed by atoms with Crippen LogP contribution in [0.5, 0.6) is 11.5 Å². The topological polar surface area (TPSA) is 64.6 Å². The van der Waals surface area contributed by atoms with Gasteiger partial charge in [0.15, 0.2) is 0 Å². The standard InChI is InChI=1S/C23H31NO4S/c1-16(2)13-21(17-9-11-20(27-3)12-10-17)24-29(25,26)23-15-19-8-6-5-7-18(19)14-22(23)28-4/h9-12,14-16,21,24H,5-8,13H2,1-4H3/t21-/m0/s1. The maximum Gasteiger partial charge on any atom is 0.244 e. The minimum atomic E-state index is -3.75. The highest BCUT2D eigenvalue weighted by Gasteiger charge is 2.27. The van der Waals surface area contributed by atoms with E-state index in [1.807, 2.05) is 30.3 Å². The number of nitrogens with one attached hydrogen (secondary N) is 1. The predicted molar refractivity (Wildman–Crippen MR) is 115 cm³/mol. The highest BCUT2D eigenvalue weighted by atomic mass is 32.2. The third kappa shape index (κ3) is 5.11. The van der Waals surface area contributed by atoms with E-state index in [1.165, 1.54) is 12.7 Å². The van der Waals surface area contributed by atoms with E-state index in [0.717, 1.165) is 42.6 Å². The summed E-state index contributed by atoms with van der Waals surface area (Å²) in [4.78, 5) is 0.225. The summed E-state index contributed by atoms with van der Waals surface area (Å²) < 4.78 is 40.4. The molecule has 0 aromatic heterocycles. The zero-order valence-corrected chi connectivity index (χ0v) is 18.5. The first kappa shape index (κ1) is 21.7.